The van der Waals surface area contributed by atoms with E-state index in [1.807, 2.05) is 6.07 Å². The van der Waals surface area contributed by atoms with Crippen LogP contribution in [0.25, 0.3) is 22.4 Å². The molecule has 0 bridgehead atoms. The Bertz CT molecular complexity index is 1540. The number of amides is 3. The third-order valence-electron chi connectivity index (χ3n) is 5.74. The molecule has 5 rings (SSSR count). The third kappa shape index (κ3) is 5.21. The Morgan fingerprint density at radius 3 is 2.62 bits per heavy atom. The number of anilines is 1. The second kappa shape index (κ2) is 9.60. The van der Waals surface area contributed by atoms with Crippen LogP contribution >= 0.6 is 23.2 Å². The number of carbonyl (C=O) groups is 2. The maximum Gasteiger partial charge on any atom is 0.416 e. The van der Waals surface area contributed by atoms with Gasteiger partial charge >= 0.3 is 12.2 Å². The minimum Gasteiger partial charge on any atom is -0.488 e. The van der Waals surface area contributed by atoms with Crippen LogP contribution in [0.15, 0.2) is 54.6 Å². The number of benzene rings is 3. The average molecular weight is 549 g/mol. The molecule has 0 spiro atoms. The van der Waals surface area contributed by atoms with Crippen molar-refractivity contribution in [2.24, 2.45) is 0 Å². The second-order valence-electron chi connectivity index (χ2n) is 8.29. The zero-order valence-corrected chi connectivity index (χ0v) is 20.3. The topological polar surface area (TPSA) is 87.3 Å². The molecule has 1 aromatic heterocycles. The van der Waals surface area contributed by atoms with Crippen LogP contribution in [-0.2, 0) is 17.6 Å². The second-order valence-corrected chi connectivity index (χ2v) is 9.13. The van der Waals surface area contributed by atoms with Gasteiger partial charge in [-0.1, -0.05) is 35.3 Å². The number of ether oxygens (including phenoxy) is 1. The number of hydrogen-bond donors (Lipinski definition) is 2. The number of imide groups is 1. The van der Waals surface area contributed by atoms with E-state index in [9.17, 15) is 22.8 Å². The number of nitrogens with one attached hydrogen (secondary N) is 2. The van der Waals surface area contributed by atoms with Crippen LogP contribution in [-0.4, -0.2) is 28.5 Å². The van der Waals surface area contributed by atoms with E-state index in [1.165, 1.54) is 4.90 Å². The number of hydrogen-bond acceptors (Lipinski definition) is 4. The maximum absolute atomic E-state index is 13.2. The van der Waals surface area contributed by atoms with Gasteiger partial charge in [0.25, 0.3) is 0 Å². The van der Waals surface area contributed by atoms with Gasteiger partial charge in [0.1, 0.15) is 18.2 Å². The van der Waals surface area contributed by atoms with Gasteiger partial charge < -0.3 is 9.72 Å². The van der Waals surface area contributed by atoms with Crippen molar-refractivity contribution in [3.05, 3.63) is 75.8 Å². The standard InChI is InChI=1S/C25H17Cl2F3N4O3/c26-15-4-5-20(37-12-13-2-1-3-16(8-13)34-7-6-21(35)32-24(34)36)17(11-15)23-31-19-10-14(25(28,29)30)9-18(27)22(19)33-23/h1-5,8-11H,6-7,12H2,(H,31,33)(H,32,35,36). The molecule has 1 saturated heterocycles. The fourth-order valence-corrected chi connectivity index (χ4v) is 4.39. The maximum atomic E-state index is 13.2. The van der Waals surface area contributed by atoms with E-state index in [4.69, 9.17) is 27.9 Å². The van der Waals surface area contributed by atoms with Crippen LogP contribution < -0.4 is 15.0 Å². The zero-order valence-electron chi connectivity index (χ0n) is 18.8. The van der Waals surface area contributed by atoms with Crippen LogP contribution in [0.4, 0.5) is 23.7 Å². The van der Waals surface area contributed by atoms with Gasteiger partial charge in [0.2, 0.25) is 5.91 Å². The first-order valence-electron chi connectivity index (χ1n) is 11.0. The fraction of sp³-hybridized carbons (Fsp3) is 0.160. The number of imidazole rings is 1. The summed E-state index contributed by atoms with van der Waals surface area (Å²) in [5.41, 5.74) is 1.17. The van der Waals surface area contributed by atoms with Gasteiger partial charge in [0.15, 0.2) is 0 Å². The van der Waals surface area contributed by atoms with Gasteiger partial charge in [0, 0.05) is 23.7 Å². The summed E-state index contributed by atoms with van der Waals surface area (Å²) in [7, 11) is 0. The first-order valence-corrected chi connectivity index (χ1v) is 11.7. The van der Waals surface area contributed by atoms with E-state index < -0.39 is 17.8 Å². The highest BCUT2D eigenvalue weighted by Crippen LogP contribution is 2.37. The Morgan fingerprint density at radius 2 is 1.86 bits per heavy atom. The Kier molecular flexibility index (Phi) is 6.47. The Morgan fingerprint density at radius 1 is 1.05 bits per heavy atom. The van der Waals surface area contributed by atoms with E-state index in [0.29, 0.717) is 22.0 Å². The van der Waals surface area contributed by atoms with Crippen molar-refractivity contribution in [3.8, 4) is 17.1 Å². The fourth-order valence-electron chi connectivity index (χ4n) is 3.96. The average Bonchev–Trinajstić information content (AvgIpc) is 3.28. The van der Waals surface area contributed by atoms with Crippen molar-refractivity contribution in [1.82, 2.24) is 15.3 Å². The number of alkyl halides is 3. The predicted molar refractivity (Wildman–Crippen MR) is 133 cm³/mol. The van der Waals surface area contributed by atoms with Gasteiger partial charge in [-0.05, 0) is 48.0 Å². The number of rotatable bonds is 5. The van der Waals surface area contributed by atoms with Gasteiger partial charge in [-0.15, -0.1) is 0 Å². The molecule has 12 heteroatoms. The third-order valence-corrected chi connectivity index (χ3v) is 6.27. The summed E-state index contributed by atoms with van der Waals surface area (Å²) in [6.45, 7) is 0.372. The number of nitrogens with zero attached hydrogens (tertiary/aromatic N) is 2. The number of urea groups is 1. The van der Waals surface area contributed by atoms with Crippen LogP contribution in [0.3, 0.4) is 0 Å². The molecule has 37 heavy (non-hydrogen) atoms. The highest BCUT2D eigenvalue weighted by Gasteiger charge is 2.32. The molecular formula is C25H17Cl2F3N4O3. The Labute approximate surface area is 218 Å². The van der Waals surface area contributed by atoms with Crippen molar-refractivity contribution in [2.45, 2.75) is 19.2 Å². The zero-order chi connectivity index (χ0) is 26.3. The molecule has 0 atom stereocenters. The van der Waals surface area contributed by atoms with Crippen molar-refractivity contribution in [2.75, 3.05) is 11.4 Å². The molecule has 190 valence electrons. The summed E-state index contributed by atoms with van der Waals surface area (Å²) >= 11 is 12.3. The van der Waals surface area contributed by atoms with Gasteiger partial charge in [-0.3, -0.25) is 15.0 Å². The lowest BCUT2D eigenvalue weighted by Crippen LogP contribution is -2.49. The lowest BCUT2D eigenvalue weighted by molar-refractivity contribution is -0.137. The first kappa shape index (κ1) is 24.9. The molecule has 1 fully saturated rings. The van der Waals surface area contributed by atoms with Crippen LogP contribution in [0.2, 0.25) is 10.0 Å². The highest BCUT2D eigenvalue weighted by atomic mass is 35.5. The summed E-state index contributed by atoms with van der Waals surface area (Å²) in [4.78, 5) is 32.3. The summed E-state index contributed by atoms with van der Waals surface area (Å²) in [6.07, 6.45) is -4.37. The van der Waals surface area contributed by atoms with E-state index in [-0.39, 0.29) is 47.4 Å². The molecule has 2 N–H and O–H groups in total. The minimum absolute atomic E-state index is 0.0479. The van der Waals surface area contributed by atoms with Crippen LogP contribution in [0.5, 0.6) is 5.75 Å². The molecule has 3 amide bonds. The molecule has 1 aliphatic heterocycles. The molecule has 0 aliphatic carbocycles. The molecule has 0 unspecified atom stereocenters. The van der Waals surface area contributed by atoms with E-state index >= 15 is 0 Å². The summed E-state index contributed by atoms with van der Waals surface area (Å²) in [6, 6.07) is 13.2. The lowest BCUT2D eigenvalue weighted by atomic mass is 10.1. The monoisotopic (exact) mass is 548 g/mol. The largest absolute Gasteiger partial charge is 0.488 e. The van der Waals surface area contributed by atoms with Crippen molar-refractivity contribution in [1.29, 1.82) is 0 Å². The molecule has 7 nitrogen and oxygen atoms in total. The van der Waals surface area contributed by atoms with E-state index in [1.54, 1.807) is 36.4 Å². The van der Waals surface area contributed by atoms with Gasteiger partial charge in [-0.25, -0.2) is 9.78 Å². The van der Waals surface area contributed by atoms with Crippen molar-refractivity contribution in [3.63, 3.8) is 0 Å². The Hall–Kier alpha value is -3.76. The van der Waals surface area contributed by atoms with Gasteiger partial charge in [0.05, 0.1) is 27.2 Å². The predicted octanol–water partition coefficient (Wildman–Crippen LogP) is 6.58. The number of halogens is 5. The Balaban J connectivity index is 1.42. The number of aromatic nitrogens is 2. The number of aromatic amines is 1. The highest BCUT2D eigenvalue weighted by molar-refractivity contribution is 6.35. The number of carbonyl (C=O) groups excluding carboxylic acids is 2. The quantitative estimate of drug-likeness (QED) is 0.295. The van der Waals surface area contributed by atoms with Crippen molar-refractivity contribution >= 4 is 51.9 Å². The molecule has 2 heterocycles. The van der Waals surface area contributed by atoms with Crippen LogP contribution in [0.1, 0.15) is 17.5 Å². The minimum atomic E-state index is -4.57. The van der Waals surface area contributed by atoms with Gasteiger partial charge in [-0.2, -0.15) is 13.2 Å². The van der Waals surface area contributed by atoms with Crippen LogP contribution in [0, 0.1) is 0 Å². The summed E-state index contributed by atoms with van der Waals surface area (Å²) in [5.74, 6) is 0.289. The molecule has 3 aromatic carbocycles. The SMILES string of the molecule is O=C1CCN(c2cccc(COc3ccc(Cl)cc3-c3nc4cc(C(F)(F)F)cc(Cl)c4[nH]3)c2)C(=O)N1. The lowest BCUT2D eigenvalue weighted by Gasteiger charge is -2.26. The molecular weight excluding hydrogens is 532 g/mol. The normalized spacial score (nSPS) is 14.2. The summed E-state index contributed by atoms with van der Waals surface area (Å²) in [5, 5.41) is 2.54. The number of H-pyrrole nitrogens is 1. The van der Waals surface area contributed by atoms with Crippen molar-refractivity contribution < 1.29 is 27.5 Å². The first-order chi connectivity index (χ1) is 17.6. The molecule has 0 radical (unpaired) electrons. The molecule has 4 aromatic rings. The van der Waals surface area contributed by atoms with E-state index in [0.717, 1.165) is 17.7 Å². The number of fused-ring (bicyclic) bond motifs is 1. The molecule has 0 saturated carbocycles. The smallest absolute Gasteiger partial charge is 0.416 e. The van der Waals surface area contributed by atoms with E-state index in [2.05, 4.69) is 15.3 Å². The molecule has 1 aliphatic rings. The summed E-state index contributed by atoms with van der Waals surface area (Å²) < 4.78 is 45.7.